The fourth-order valence-corrected chi connectivity index (χ4v) is 2.84. The molecule has 1 aliphatic heterocycles. The summed E-state index contributed by atoms with van der Waals surface area (Å²) < 4.78 is 5.80. The summed E-state index contributed by atoms with van der Waals surface area (Å²) in [6, 6.07) is 15.0. The van der Waals surface area contributed by atoms with Gasteiger partial charge in [0.15, 0.2) is 6.10 Å². The van der Waals surface area contributed by atoms with Gasteiger partial charge in [0.2, 0.25) is 5.91 Å². The third-order valence-corrected chi connectivity index (χ3v) is 4.29. The number of amides is 2. The topological polar surface area (TPSA) is 58.6 Å². The third kappa shape index (κ3) is 3.65. The van der Waals surface area contributed by atoms with E-state index in [1.807, 2.05) is 42.5 Å². The molecule has 0 saturated heterocycles. The maximum atomic E-state index is 12.6. The predicted octanol–water partition coefficient (Wildman–Crippen LogP) is 3.56. The van der Waals surface area contributed by atoms with Crippen molar-refractivity contribution in [2.24, 2.45) is 0 Å². The van der Waals surface area contributed by atoms with E-state index in [0.717, 1.165) is 0 Å². The maximum Gasteiger partial charge on any atom is 0.267 e. The van der Waals surface area contributed by atoms with Crippen molar-refractivity contribution in [3.8, 4) is 5.75 Å². The quantitative estimate of drug-likeness (QED) is 0.931. The average Bonchev–Trinajstić information content (AvgIpc) is 2.61. The molecule has 2 amide bonds. The van der Waals surface area contributed by atoms with Gasteiger partial charge in [0.25, 0.3) is 5.91 Å². The van der Waals surface area contributed by atoms with Crippen LogP contribution in [0.4, 0.5) is 11.4 Å². The van der Waals surface area contributed by atoms with E-state index in [-0.39, 0.29) is 18.4 Å². The van der Waals surface area contributed by atoms with E-state index in [1.54, 1.807) is 11.0 Å². The first-order chi connectivity index (χ1) is 12.0. The Balaban J connectivity index is 1.75. The number of benzene rings is 2. The second-order valence-corrected chi connectivity index (χ2v) is 6.47. The Morgan fingerprint density at radius 2 is 1.80 bits per heavy atom. The summed E-state index contributed by atoms with van der Waals surface area (Å²) in [4.78, 5) is 26.1. The number of hydrogen-bond acceptors (Lipinski definition) is 3. The second-order valence-electron chi connectivity index (χ2n) is 6.47. The molecule has 1 aliphatic rings. The van der Waals surface area contributed by atoms with Crippen molar-refractivity contribution in [2.45, 2.75) is 32.8 Å². The van der Waals surface area contributed by atoms with Gasteiger partial charge in [-0.05, 0) is 35.7 Å². The molecule has 0 fully saturated rings. The molecule has 5 heteroatoms. The minimum absolute atomic E-state index is 0.116. The molecule has 2 aromatic carbocycles. The monoisotopic (exact) mass is 338 g/mol. The Labute approximate surface area is 147 Å². The van der Waals surface area contributed by atoms with Crippen LogP contribution in [0.15, 0.2) is 48.5 Å². The van der Waals surface area contributed by atoms with E-state index in [1.165, 1.54) is 12.5 Å². The number of fused-ring (bicyclic) bond motifs is 1. The molecule has 1 heterocycles. The van der Waals surface area contributed by atoms with Crippen molar-refractivity contribution < 1.29 is 14.3 Å². The number of ether oxygens (including phenoxy) is 1. The van der Waals surface area contributed by atoms with Gasteiger partial charge in [-0.2, -0.15) is 0 Å². The summed E-state index contributed by atoms with van der Waals surface area (Å²) in [6.45, 7) is 5.93. The van der Waals surface area contributed by atoms with Gasteiger partial charge in [-0.3, -0.25) is 9.59 Å². The van der Waals surface area contributed by atoms with Crippen molar-refractivity contribution in [3.63, 3.8) is 0 Å². The lowest BCUT2D eigenvalue weighted by molar-refractivity contribution is -0.123. The highest BCUT2D eigenvalue weighted by Gasteiger charge is 2.32. The third-order valence-electron chi connectivity index (χ3n) is 4.29. The zero-order chi connectivity index (χ0) is 18.0. The molecule has 2 aromatic rings. The van der Waals surface area contributed by atoms with Crippen molar-refractivity contribution in [1.82, 2.24) is 0 Å². The molecule has 0 aliphatic carbocycles. The number of para-hydroxylation sites is 2. The number of rotatable bonds is 3. The van der Waals surface area contributed by atoms with Crippen LogP contribution in [-0.2, 0) is 9.59 Å². The van der Waals surface area contributed by atoms with Gasteiger partial charge in [-0.1, -0.05) is 38.1 Å². The largest absolute Gasteiger partial charge is 0.476 e. The summed E-state index contributed by atoms with van der Waals surface area (Å²) in [5.74, 6) is 0.596. The van der Waals surface area contributed by atoms with E-state index >= 15 is 0 Å². The number of nitrogens with zero attached hydrogens (tertiary/aromatic N) is 1. The van der Waals surface area contributed by atoms with Crippen LogP contribution in [0.2, 0.25) is 0 Å². The molecule has 3 rings (SSSR count). The molecule has 0 spiro atoms. The first-order valence-corrected chi connectivity index (χ1v) is 8.40. The fraction of sp³-hybridized carbons (Fsp3) is 0.300. The Morgan fingerprint density at radius 3 is 2.44 bits per heavy atom. The van der Waals surface area contributed by atoms with E-state index in [9.17, 15) is 9.59 Å². The number of carbonyl (C=O) groups excluding carboxylic acids is 2. The molecule has 130 valence electrons. The highest BCUT2D eigenvalue weighted by molar-refractivity contribution is 5.99. The van der Waals surface area contributed by atoms with Gasteiger partial charge in [0.05, 0.1) is 12.2 Å². The fourth-order valence-electron chi connectivity index (χ4n) is 2.84. The maximum absolute atomic E-state index is 12.6. The number of carbonyl (C=O) groups is 2. The van der Waals surface area contributed by atoms with E-state index < -0.39 is 6.10 Å². The minimum Gasteiger partial charge on any atom is -0.476 e. The molecular weight excluding hydrogens is 316 g/mol. The van der Waals surface area contributed by atoms with Crippen LogP contribution in [0.5, 0.6) is 5.75 Å². The molecule has 0 radical (unpaired) electrons. The van der Waals surface area contributed by atoms with E-state index in [0.29, 0.717) is 23.0 Å². The smallest absolute Gasteiger partial charge is 0.267 e. The predicted molar refractivity (Wildman–Crippen MR) is 98.0 cm³/mol. The normalized spacial score (nSPS) is 16.2. The van der Waals surface area contributed by atoms with Gasteiger partial charge in [-0.15, -0.1) is 0 Å². The zero-order valence-electron chi connectivity index (χ0n) is 14.7. The number of anilines is 2. The summed E-state index contributed by atoms with van der Waals surface area (Å²) >= 11 is 0. The zero-order valence-corrected chi connectivity index (χ0v) is 14.7. The van der Waals surface area contributed by atoms with Crippen molar-refractivity contribution >= 4 is 23.2 Å². The highest BCUT2D eigenvalue weighted by Crippen LogP contribution is 2.33. The molecular formula is C20H22N2O3. The lowest BCUT2D eigenvalue weighted by atomic mass is 10.0. The molecule has 1 atom stereocenters. The van der Waals surface area contributed by atoms with E-state index in [4.69, 9.17) is 4.74 Å². The van der Waals surface area contributed by atoms with Crippen molar-refractivity contribution in [2.75, 3.05) is 16.8 Å². The van der Waals surface area contributed by atoms with Crippen LogP contribution >= 0.6 is 0 Å². The van der Waals surface area contributed by atoms with Crippen LogP contribution in [0.1, 0.15) is 32.3 Å². The van der Waals surface area contributed by atoms with Crippen molar-refractivity contribution in [1.29, 1.82) is 0 Å². The Bertz CT molecular complexity index is 784. The lowest BCUT2D eigenvalue weighted by Gasteiger charge is -2.33. The second kappa shape index (κ2) is 6.97. The van der Waals surface area contributed by atoms with Crippen LogP contribution in [0.25, 0.3) is 0 Å². The van der Waals surface area contributed by atoms with Crippen LogP contribution in [0.3, 0.4) is 0 Å². The van der Waals surface area contributed by atoms with Gasteiger partial charge in [0, 0.05) is 12.6 Å². The first-order valence-electron chi connectivity index (χ1n) is 8.40. The molecule has 1 unspecified atom stereocenters. The summed E-state index contributed by atoms with van der Waals surface area (Å²) in [6.07, 6.45) is -0.747. The van der Waals surface area contributed by atoms with E-state index in [2.05, 4.69) is 19.2 Å². The summed E-state index contributed by atoms with van der Waals surface area (Å²) in [5.41, 5.74) is 2.62. The summed E-state index contributed by atoms with van der Waals surface area (Å²) in [7, 11) is 0. The van der Waals surface area contributed by atoms with Crippen LogP contribution < -0.4 is 15.0 Å². The Kier molecular flexibility index (Phi) is 4.74. The summed E-state index contributed by atoms with van der Waals surface area (Å²) in [5, 5.41) is 2.87. The lowest BCUT2D eigenvalue weighted by Crippen LogP contribution is -2.48. The standard InChI is InChI=1S/C20H22N2O3/c1-13(2)15-8-10-16(11-9-15)21-20(24)19-12-22(14(3)23)17-6-4-5-7-18(17)25-19/h4-11,13,19H,12H2,1-3H3,(H,21,24). The minimum atomic E-state index is -0.747. The molecule has 1 N–H and O–H groups in total. The molecule has 0 saturated carbocycles. The number of nitrogens with one attached hydrogen (secondary N) is 1. The van der Waals surface area contributed by atoms with Gasteiger partial charge in [-0.25, -0.2) is 0 Å². The van der Waals surface area contributed by atoms with Gasteiger partial charge >= 0.3 is 0 Å². The van der Waals surface area contributed by atoms with Crippen molar-refractivity contribution in [3.05, 3.63) is 54.1 Å². The van der Waals surface area contributed by atoms with Crippen LogP contribution in [-0.4, -0.2) is 24.5 Å². The SMILES string of the molecule is CC(=O)N1CC(C(=O)Nc2ccc(C(C)C)cc2)Oc2ccccc21. The van der Waals surface area contributed by atoms with Gasteiger partial charge in [0.1, 0.15) is 5.75 Å². The molecule has 5 nitrogen and oxygen atoms in total. The first kappa shape index (κ1) is 17.0. The Hall–Kier alpha value is -2.82. The number of hydrogen-bond donors (Lipinski definition) is 1. The molecule has 25 heavy (non-hydrogen) atoms. The van der Waals surface area contributed by atoms with Crippen LogP contribution in [0, 0.1) is 0 Å². The molecule has 0 aromatic heterocycles. The molecule has 0 bridgehead atoms. The average molecular weight is 338 g/mol. The Morgan fingerprint density at radius 1 is 1.12 bits per heavy atom. The highest BCUT2D eigenvalue weighted by atomic mass is 16.5. The van der Waals surface area contributed by atoms with Gasteiger partial charge < -0.3 is 15.0 Å².